The first-order valence-corrected chi connectivity index (χ1v) is 16.8. The number of halogens is 5. The number of hydrogen-bond donors (Lipinski definition) is 3. The Labute approximate surface area is 287 Å². The largest absolute Gasteiger partial charge is 0.519 e. The minimum Gasteiger partial charge on any atom is -0.508 e. The number of phenolic OH excluding ortho intramolecular Hbond substituents is 1. The molecule has 0 bridgehead atoms. The molecule has 4 aromatic rings. The van der Waals surface area contributed by atoms with Gasteiger partial charge in [0.1, 0.15) is 28.6 Å². The number of anilines is 1. The molecule has 0 aliphatic carbocycles. The van der Waals surface area contributed by atoms with Crippen LogP contribution in [0.1, 0.15) is 57.2 Å². The number of aromatic hydroxyl groups is 1. The van der Waals surface area contributed by atoms with E-state index in [9.17, 15) is 22.7 Å². The maximum absolute atomic E-state index is 16.3. The van der Waals surface area contributed by atoms with Crippen LogP contribution < -0.4 is 15.0 Å². The summed E-state index contributed by atoms with van der Waals surface area (Å²) in [5.41, 5.74) is 0.833. The lowest BCUT2D eigenvalue weighted by atomic mass is 9.95. The standard InChI is InChI=1S/C26H21F2N5O2.C7H13N.C2H6.CHF3O/c1-3-16-18(27)6-4-13-10-15(34)11-17(20(13)16)23-22(28)24-21-19(30-23)7-5-14-12-29-8-9-33(14)25(21)32-26(31-24)35-2;1-3-7-4-2-6-8(7)5-1;1-2;2-1(3,4)5/h1,4,6,10-11,14,29,34H,5,7-9,12H2,2H3;7H,1-6H2;1-2H3;5H. The molecule has 14 heteroatoms. The van der Waals surface area contributed by atoms with Crippen molar-refractivity contribution in [2.75, 3.05) is 44.7 Å². The quantitative estimate of drug-likeness (QED) is 0.164. The molecule has 4 aliphatic rings. The fourth-order valence-corrected chi connectivity index (χ4v) is 7.26. The number of aliphatic hydroxyl groups is 1. The van der Waals surface area contributed by atoms with Crippen LogP contribution in [0.25, 0.3) is 32.9 Å². The Balaban J connectivity index is 0.000000269. The molecular formula is C36H41F5N6O3. The number of alkyl halides is 3. The molecule has 0 spiro atoms. The number of ether oxygens (including phenoxy) is 1. The van der Waals surface area contributed by atoms with Crippen LogP contribution in [-0.4, -0.2) is 88.3 Å². The zero-order valence-electron chi connectivity index (χ0n) is 28.2. The van der Waals surface area contributed by atoms with Crippen LogP contribution in [0.15, 0.2) is 24.3 Å². The highest BCUT2D eigenvalue weighted by atomic mass is 19.4. The Morgan fingerprint density at radius 1 is 0.980 bits per heavy atom. The number of hydrogen-bond acceptors (Lipinski definition) is 9. The maximum Gasteiger partial charge on any atom is 0.519 e. The lowest BCUT2D eigenvalue weighted by Gasteiger charge is -2.36. The van der Waals surface area contributed by atoms with Crippen LogP contribution in [0.3, 0.4) is 0 Å². The lowest BCUT2D eigenvalue weighted by molar-refractivity contribution is -0.295. The summed E-state index contributed by atoms with van der Waals surface area (Å²) in [4.78, 5) is 18.5. The summed E-state index contributed by atoms with van der Waals surface area (Å²) >= 11 is 0. The van der Waals surface area contributed by atoms with E-state index in [0.29, 0.717) is 40.6 Å². The molecule has 1 atom stereocenters. The van der Waals surface area contributed by atoms with E-state index in [1.807, 2.05) is 13.8 Å². The molecule has 3 saturated heterocycles. The summed E-state index contributed by atoms with van der Waals surface area (Å²) in [6, 6.07) is 6.76. The number of nitrogens with zero attached hydrogens (tertiary/aromatic N) is 5. The van der Waals surface area contributed by atoms with E-state index in [1.165, 1.54) is 70.1 Å². The second kappa shape index (κ2) is 15.7. The number of aryl methyl sites for hydroxylation is 1. The third kappa shape index (κ3) is 7.85. The van der Waals surface area contributed by atoms with Crippen molar-refractivity contribution in [3.8, 4) is 35.4 Å². The van der Waals surface area contributed by atoms with Crippen LogP contribution in [-0.2, 0) is 6.42 Å². The molecule has 4 aliphatic heterocycles. The van der Waals surface area contributed by atoms with Gasteiger partial charge in [-0.15, -0.1) is 19.6 Å². The van der Waals surface area contributed by atoms with Crippen molar-refractivity contribution in [1.82, 2.24) is 25.2 Å². The van der Waals surface area contributed by atoms with Gasteiger partial charge in [-0.05, 0) is 75.2 Å². The van der Waals surface area contributed by atoms with Crippen molar-refractivity contribution >= 4 is 27.5 Å². The zero-order chi connectivity index (χ0) is 36.2. The van der Waals surface area contributed by atoms with Gasteiger partial charge in [0.25, 0.3) is 0 Å². The Kier molecular flexibility index (Phi) is 11.6. The molecule has 268 valence electrons. The van der Waals surface area contributed by atoms with Crippen LogP contribution in [0.2, 0.25) is 0 Å². The van der Waals surface area contributed by atoms with Crippen molar-refractivity contribution in [2.45, 2.75) is 70.8 Å². The highest BCUT2D eigenvalue weighted by molar-refractivity contribution is 6.03. The summed E-state index contributed by atoms with van der Waals surface area (Å²) in [5, 5.41) is 21.7. The van der Waals surface area contributed by atoms with E-state index in [4.69, 9.17) is 21.3 Å². The van der Waals surface area contributed by atoms with Gasteiger partial charge in [0, 0.05) is 42.7 Å². The molecule has 3 fully saturated rings. The molecule has 6 heterocycles. The Bertz CT molecular complexity index is 1860. The second-order valence-electron chi connectivity index (χ2n) is 12.2. The number of methoxy groups -OCH3 is 1. The fraction of sp³-hybridized carbons (Fsp3) is 0.472. The molecule has 8 rings (SSSR count). The zero-order valence-corrected chi connectivity index (χ0v) is 28.2. The van der Waals surface area contributed by atoms with Crippen molar-refractivity contribution in [3.05, 3.63) is 47.2 Å². The second-order valence-corrected chi connectivity index (χ2v) is 12.2. The van der Waals surface area contributed by atoms with E-state index in [-0.39, 0.29) is 40.1 Å². The fourth-order valence-electron chi connectivity index (χ4n) is 7.26. The monoisotopic (exact) mass is 700 g/mol. The molecule has 0 amide bonds. The number of benzene rings is 2. The summed E-state index contributed by atoms with van der Waals surface area (Å²) in [6.07, 6.45) is 7.88. The predicted octanol–water partition coefficient (Wildman–Crippen LogP) is 6.31. The average molecular weight is 701 g/mol. The number of piperazine rings is 1. The van der Waals surface area contributed by atoms with Crippen LogP contribution >= 0.6 is 0 Å². The van der Waals surface area contributed by atoms with Gasteiger partial charge in [0.2, 0.25) is 0 Å². The van der Waals surface area contributed by atoms with Crippen molar-refractivity contribution in [2.24, 2.45) is 0 Å². The van der Waals surface area contributed by atoms with Crippen molar-refractivity contribution < 1.29 is 36.9 Å². The highest BCUT2D eigenvalue weighted by Crippen LogP contribution is 2.41. The summed E-state index contributed by atoms with van der Waals surface area (Å²) in [6.45, 7) is 9.06. The van der Waals surface area contributed by atoms with Gasteiger partial charge >= 0.3 is 12.4 Å². The van der Waals surface area contributed by atoms with E-state index < -0.39 is 18.0 Å². The number of nitrogens with one attached hydrogen (secondary N) is 1. The summed E-state index contributed by atoms with van der Waals surface area (Å²) < 4.78 is 66.0. The Hall–Kier alpha value is -4.32. The van der Waals surface area contributed by atoms with E-state index in [1.54, 1.807) is 0 Å². The first-order valence-electron chi connectivity index (χ1n) is 16.8. The molecule has 2 aromatic heterocycles. The minimum absolute atomic E-state index is 0.0196. The van der Waals surface area contributed by atoms with Gasteiger partial charge in [-0.3, -0.25) is 0 Å². The van der Waals surface area contributed by atoms with E-state index in [0.717, 1.165) is 25.6 Å². The first kappa shape index (κ1) is 36.9. The third-order valence-electron chi connectivity index (χ3n) is 9.27. The third-order valence-corrected chi connectivity index (χ3v) is 9.27. The van der Waals surface area contributed by atoms with Crippen molar-refractivity contribution in [1.29, 1.82) is 0 Å². The normalized spacial score (nSPS) is 18.4. The minimum atomic E-state index is -5.00. The molecular weight excluding hydrogens is 659 g/mol. The van der Waals surface area contributed by atoms with Crippen molar-refractivity contribution in [3.63, 3.8) is 0 Å². The number of pyridine rings is 1. The summed E-state index contributed by atoms with van der Waals surface area (Å²) in [5.74, 6) is 1.53. The van der Waals surface area contributed by atoms with Crippen LogP contribution in [0.4, 0.5) is 27.8 Å². The molecule has 50 heavy (non-hydrogen) atoms. The maximum atomic E-state index is 16.3. The SMILES string of the molecule is C#Cc1c(F)ccc2cc(O)cc(-c3nc4c5c(nc(OC)nc5c3F)N3CCNCC3CC4)c12.C1CC2CCCN2C1.CC.OC(F)(F)F. The summed E-state index contributed by atoms with van der Waals surface area (Å²) in [7, 11) is 1.44. The molecule has 1 unspecified atom stereocenters. The van der Waals surface area contributed by atoms with E-state index in [2.05, 4.69) is 31.0 Å². The number of phenols is 1. The highest BCUT2D eigenvalue weighted by Gasteiger charge is 2.33. The molecule has 9 nitrogen and oxygen atoms in total. The first-order chi connectivity index (χ1) is 24.0. The molecule has 3 N–H and O–H groups in total. The Morgan fingerprint density at radius 2 is 1.68 bits per heavy atom. The molecule has 2 aromatic carbocycles. The predicted molar refractivity (Wildman–Crippen MR) is 182 cm³/mol. The Morgan fingerprint density at radius 3 is 2.32 bits per heavy atom. The average Bonchev–Trinajstić information content (AvgIpc) is 3.71. The number of fused-ring (bicyclic) bond motifs is 4. The van der Waals surface area contributed by atoms with Gasteiger partial charge in [-0.2, -0.15) is 9.97 Å². The smallest absolute Gasteiger partial charge is 0.508 e. The number of aromatic nitrogens is 3. The topological polar surface area (TPSA) is 107 Å². The van der Waals surface area contributed by atoms with Gasteiger partial charge < -0.3 is 30.1 Å². The van der Waals surface area contributed by atoms with E-state index >= 15 is 4.39 Å². The van der Waals surface area contributed by atoms with Gasteiger partial charge in [0.05, 0.1) is 23.8 Å². The van der Waals surface area contributed by atoms with Gasteiger partial charge in [-0.1, -0.05) is 25.8 Å². The molecule has 0 radical (unpaired) electrons. The van der Waals surface area contributed by atoms with Crippen LogP contribution in [0, 0.1) is 24.0 Å². The van der Waals surface area contributed by atoms with Gasteiger partial charge in [0.15, 0.2) is 5.82 Å². The number of rotatable bonds is 2. The van der Waals surface area contributed by atoms with Crippen LogP contribution in [0.5, 0.6) is 11.8 Å². The molecule has 0 saturated carbocycles. The number of terminal acetylenes is 1. The van der Waals surface area contributed by atoms with Gasteiger partial charge in [-0.25, -0.2) is 13.8 Å². The lowest BCUT2D eigenvalue weighted by Crippen LogP contribution is -2.51.